The summed E-state index contributed by atoms with van der Waals surface area (Å²) in [5.41, 5.74) is 4.14. The molecular weight excluding hydrogens is 334 g/mol. The molecule has 0 aliphatic rings. The van der Waals surface area contributed by atoms with E-state index >= 15 is 0 Å². The topological polar surface area (TPSA) is 93.8 Å². The van der Waals surface area contributed by atoms with Crippen LogP contribution in [-0.4, -0.2) is 23.1 Å². The Labute approximate surface area is 149 Å². The summed E-state index contributed by atoms with van der Waals surface area (Å²) in [7, 11) is 0. The van der Waals surface area contributed by atoms with Gasteiger partial charge in [0.25, 0.3) is 5.91 Å². The molecule has 3 rings (SSSR count). The maximum absolute atomic E-state index is 12.0. The Hall–Kier alpha value is -3.74. The molecule has 0 fully saturated rings. The van der Waals surface area contributed by atoms with E-state index in [0.29, 0.717) is 16.9 Å². The number of nitrogens with zero attached hydrogens (tertiary/aromatic N) is 2. The van der Waals surface area contributed by atoms with Crippen LogP contribution in [0.5, 0.6) is 5.75 Å². The summed E-state index contributed by atoms with van der Waals surface area (Å²) in [6, 6.07) is 13.3. The van der Waals surface area contributed by atoms with Crippen LogP contribution >= 0.6 is 0 Å². The number of hydrogen-bond acceptors (Lipinski definition) is 6. The van der Waals surface area contributed by atoms with E-state index in [1.54, 1.807) is 42.5 Å². The fourth-order valence-corrected chi connectivity index (χ4v) is 2.05. The standard InChI is InChI=1S/C19H15N3O4/c1-13-8-9-15(11-20-13)18(23)22-21-12-14-5-2-3-6-16(14)26-19(24)17-7-4-10-25-17/h2-12H,1H3,(H,22,23). The van der Waals surface area contributed by atoms with Crippen LogP contribution in [0.25, 0.3) is 0 Å². The molecule has 0 radical (unpaired) electrons. The lowest BCUT2D eigenvalue weighted by atomic mass is 10.2. The molecule has 7 nitrogen and oxygen atoms in total. The second-order valence-corrected chi connectivity index (χ2v) is 5.29. The fourth-order valence-electron chi connectivity index (χ4n) is 2.05. The molecule has 3 aromatic rings. The Morgan fingerprint density at radius 3 is 2.73 bits per heavy atom. The molecule has 0 aliphatic heterocycles. The number of pyridine rings is 1. The predicted octanol–water partition coefficient (Wildman–Crippen LogP) is 2.97. The maximum atomic E-state index is 12.0. The highest BCUT2D eigenvalue weighted by molar-refractivity contribution is 5.95. The quantitative estimate of drug-likeness (QED) is 0.331. The molecule has 0 unspecified atom stereocenters. The molecule has 0 atom stereocenters. The number of carbonyl (C=O) groups is 2. The van der Waals surface area contributed by atoms with Crippen molar-refractivity contribution in [2.45, 2.75) is 6.92 Å². The van der Waals surface area contributed by atoms with Crippen molar-refractivity contribution in [1.82, 2.24) is 10.4 Å². The molecule has 1 aromatic carbocycles. The zero-order valence-corrected chi connectivity index (χ0v) is 13.9. The minimum absolute atomic E-state index is 0.0944. The summed E-state index contributed by atoms with van der Waals surface area (Å²) < 4.78 is 10.3. The molecule has 130 valence electrons. The number of para-hydroxylation sites is 1. The van der Waals surface area contributed by atoms with Gasteiger partial charge in [-0.1, -0.05) is 12.1 Å². The van der Waals surface area contributed by atoms with Gasteiger partial charge in [0.2, 0.25) is 5.76 Å². The number of esters is 1. The van der Waals surface area contributed by atoms with Crippen molar-refractivity contribution in [1.29, 1.82) is 0 Å². The normalized spacial score (nSPS) is 10.7. The summed E-state index contributed by atoms with van der Waals surface area (Å²) in [6.45, 7) is 1.83. The number of benzene rings is 1. The summed E-state index contributed by atoms with van der Waals surface area (Å²) >= 11 is 0. The molecule has 0 spiro atoms. The van der Waals surface area contributed by atoms with Crippen molar-refractivity contribution >= 4 is 18.1 Å². The third-order valence-corrected chi connectivity index (χ3v) is 3.39. The lowest BCUT2D eigenvalue weighted by molar-refractivity contribution is 0.0701. The minimum atomic E-state index is -0.620. The van der Waals surface area contributed by atoms with E-state index in [0.717, 1.165) is 5.69 Å². The first-order valence-corrected chi connectivity index (χ1v) is 7.74. The van der Waals surface area contributed by atoms with E-state index in [1.165, 1.54) is 24.7 Å². The van der Waals surface area contributed by atoms with Crippen LogP contribution < -0.4 is 10.2 Å². The van der Waals surface area contributed by atoms with Gasteiger partial charge < -0.3 is 9.15 Å². The highest BCUT2D eigenvalue weighted by Crippen LogP contribution is 2.17. The van der Waals surface area contributed by atoms with Gasteiger partial charge in [-0.2, -0.15) is 5.10 Å². The highest BCUT2D eigenvalue weighted by Gasteiger charge is 2.13. The van der Waals surface area contributed by atoms with Gasteiger partial charge in [0.15, 0.2) is 0 Å². The Morgan fingerprint density at radius 1 is 1.15 bits per heavy atom. The summed E-state index contributed by atoms with van der Waals surface area (Å²) in [6.07, 6.45) is 4.25. The Kier molecular flexibility index (Phi) is 5.19. The molecule has 0 aliphatic carbocycles. The number of hydrazone groups is 1. The van der Waals surface area contributed by atoms with E-state index in [9.17, 15) is 9.59 Å². The van der Waals surface area contributed by atoms with Crippen LogP contribution in [0, 0.1) is 6.92 Å². The van der Waals surface area contributed by atoms with Gasteiger partial charge in [-0.3, -0.25) is 9.78 Å². The lowest BCUT2D eigenvalue weighted by Crippen LogP contribution is -2.18. The Bertz CT molecular complexity index is 932. The van der Waals surface area contributed by atoms with Crippen LogP contribution in [0.2, 0.25) is 0 Å². The van der Waals surface area contributed by atoms with E-state index in [4.69, 9.17) is 9.15 Å². The number of aryl methyl sites for hydroxylation is 1. The molecule has 0 saturated carbocycles. The molecule has 2 heterocycles. The average molecular weight is 349 g/mol. The third kappa shape index (κ3) is 4.21. The van der Waals surface area contributed by atoms with Gasteiger partial charge in [0.05, 0.1) is 18.0 Å². The average Bonchev–Trinajstić information content (AvgIpc) is 3.18. The monoisotopic (exact) mass is 349 g/mol. The maximum Gasteiger partial charge on any atom is 0.379 e. The summed E-state index contributed by atoms with van der Waals surface area (Å²) in [4.78, 5) is 28.0. The van der Waals surface area contributed by atoms with Gasteiger partial charge >= 0.3 is 5.97 Å². The SMILES string of the molecule is Cc1ccc(C(=O)NN=Cc2ccccc2OC(=O)c2ccco2)cn1. The number of furan rings is 1. The number of hydrogen-bond donors (Lipinski definition) is 1. The smallest absolute Gasteiger partial charge is 0.379 e. The van der Waals surface area contributed by atoms with Crippen LogP contribution in [0.3, 0.4) is 0 Å². The summed E-state index contributed by atoms with van der Waals surface area (Å²) in [5, 5.41) is 3.90. The second kappa shape index (κ2) is 7.89. The predicted molar refractivity (Wildman–Crippen MR) is 94.1 cm³/mol. The van der Waals surface area contributed by atoms with Gasteiger partial charge in [-0.15, -0.1) is 0 Å². The van der Waals surface area contributed by atoms with Crippen molar-refractivity contribution in [3.63, 3.8) is 0 Å². The van der Waals surface area contributed by atoms with Crippen LogP contribution in [-0.2, 0) is 0 Å². The Morgan fingerprint density at radius 2 is 2.00 bits per heavy atom. The molecule has 7 heteroatoms. The van der Waals surface area contributed by atoms with Gasteiger partial charge in [-0.25, -0.2) is 10.2 Å². The first-order chi connectivity index (χ1) is 12.6. The van der Waals surface area contributed by atoms with E-state index in [1.807, 2.05) is 6.92 Å². The van der Waals surface area contributed by atoms with Crippen LogP contribution in [0.15, 0.2) is 70.5 Å². The number of rotatable bonds is 5. The largest absolute Gasteiger partial charge is 0.457 e. The van der Waals surface area contributed by atoms with Gasteiger partial charge in [-0.05, 0) is 43.3 Å². The van der Waals surface area contributed by atoms with Crippen molar-refractivity contribution in [3.05, 3.63) is 83.6 Å². The first-order valence-electron chi connectivity index (χ1n) is 7.74. The lowest BCUT2D eigenvalue weighted by Gasteiger charge is -2.05. The number of ether oxygens (including phenoxy) is 1. The van der Waals surface area contributed by atoms with Gasteiger partial charge in [0.1, 0.15) is 5.75 Å². The zero-order valence-electron chi connectivity index (χ0n) is 13.9. The Balaban J connectivity index is 1.67. The second-order valence-electron chi connectivity index (χ2n) is 5.29. The van der Waals surface area contributed by atoms with Crippen molar-refractivity contribution in [3.8, 4) is 5.75 Å². The van der Waals surface area contributed by atoms with Gasteiger partial charge in [0, 0.05) is 17.5 Å². The molecule has 1 amide bonds. The molecule has 0 bridgehead atoms. The molecule has 0 saturated heterocycles. The van der Waals surface area contributed by atoms with E-state index < -0.39 is 5.97 Å². The fraction of sp³-hybridized carbons (Fsp3) is 0.0526. The number of nitrogens with one attached hydrogen (secondary N) is 1. The number of amides is 1. The van der Waals surface area contributed by atoms with Crippen molar-refractivity contribution in [2.24, 2.45) is 5.10 Å². The van der Waals surface area contributed by atoms with Crippen LogP contribution in [0.4, 0.5) is 0 Å². The third-order valence-electron chi connectivity index (χ3n) is 3.39. The highest BCUT2D eigenvalue weighted by atomic mass is 16.5. The number of aromatic nitrogens is 1. The van der Waals surface area contributed by atoms with Crippen molar-refractivity contribution < 1.29 is 18.7 Å². The van der Waals surface area contributed by atoms with E-state index in [2.05, 4.69) is 15.5 Å². The molecule has 2 aromatic heterocycles. The molecule has 26 heavy (non-hydrogen) atoms. The molecule has 1 N–H and O–H groups in total. The zero-order chi connectivity index (χ0) is 18.4. The van der Waals surface area contributed by atoms with E-state index in [-0.39, 0.29) is 11.7 Å². The summed E-state index contributed by atoms with van der Waals surface area (Å²) in [5.74, 6) is -0.620. The molecular formula is C19H15N3O4. The number of carbonyl (C=O) groups excluding carboxylic acids is 2. The first kappa shape index (κ1) is 17.1. The van der Waals surface area contributed by atoms with Crippen molar-refractivity contribution in [2.75, 3.05) is 0 Å². The minimum Gasteiger partial charge on any atom is -0.457 e. The van der Waals surface area contributed by atoms with Crippen LogP contribution in [0.1, 0.15) is 32.2 Å².